The number of anilines is 2. The highest BCUT2D eigenvalue weighted by Crippen LogP contribution is 2.29. The molecule has 0 radical (unpaired) electrons. The van der Waals surface area contributed by atoms with Crippen molar-refractivity contribution in [2.75, 3.05) is 10.6 Å². The second kappa shape index (κ2) is 11.0. The molecule has 7 heteroatoms. The minimum absolute atomic E-state index is 0.125. The van der Waals surface area contributed by atoms with Gasteiger partial charge >= 0.3 is 0 Å². The largest absolute Gasteiger partial charge is 0.322 e. The molecule has 1 unspecified atom stereocenters. The van der Waals surface area contributed by atoms with Gasteiger partial charge in [-0.05, 0) is 55.0 Å². The van der Waals surface area contributed by atoms with Gasteiger partial charge in [-0.1, -0.05) is 66.2 Å². The van der Waals surface area contributed by atoms with Crippen molar-refractivity contribution in [1.29, 1.82) is 0 Å². The molecule has 1 atom stereocenters. The van der Waals surface area contributed by atoms with Crippen LogP contribution in [-0.4, -0.2) is 22.0 Å². The van der Waals surface area contributed by atoms with Gasteiger partial charge in [0, 0.05) is 27.1 Å². The summed E-state index contributed by atoms with van der Waals surface area (Å²) in [5, 5.41) is 10.2. The van der Waals surface area contributed by atoms with Crippen molar-refractivity contribution in [2.24, 2.45) is 0 Å². The van der Waals surface area contributed by atoms with Crippen molar-refractivity contribution >= 4 is 56.5 Å². The number of nitrogens with zero attached hydrogens (tertiary/aromatic N) is 1. The van der Waals surface area contributed by atoms with E-state index >= 15 is 0 Å². The summed E-state index contributed by atoms with van der Waals surface area (Å²) in [5.41, 5.74) is 4.33. The van der Waals surface area contributed by atoms with Crippen molar-refractivity contribution in [3.8, 4) is 11.3 Å². The van der Waals surface area contributed by atoms with E-state index in [0.29, 0.717) is 16.4 Å². The van der Waals surface area contributed by atoms with Crippen LogP contribution in [0.1, 0.15) is 22.8 Å². The third kappa shape index (κ3) is 6.07. The first-order chi connectivity index (χ1) is 17.9. The van der Waals surface area contributed by atoms with Crippen molar-refractivity contribution in [1.82, 2.24) is 4.98 Å². The van der Waals surface area contributed by atoms with Gasteiger partial charge in [0.2, 0.25) is 5.91 Å². The second-order valence-electron chi connectivity index (χ2n) is 8.70. The predicted molar refractivity (Wildman–Crippen MR) is 155 cm³/mol. The van der Waals surface area contributed by atoms with Crippen LogP contribution in [0, 0.1) is 6.92 Å². The monoisotopic (exact) mass is 523 g/mol. The fourth-order valence-electron chi connectivity index (χ4n) is 3.83. The third-order valence-electron chi connectivity index (χ3n) is 5.87. The number of carbonyl (C=O) groups excluding carboxylic acids is 2. The summed E-state index contributed by atoms with van der Waals surface area (Å²) in [6.07, 6.45) is 0. The van der Waals surface area contributed by atoms with Gasteiger partial charge in [-0.15, -0.1) is 23.1 Å². The Bertz CT molecular complexity index is 1580. The van der Waals surface area contributed by atoms with E-state index in [4.69, 9.17) is 0 Å². The SMILES string of the molecule is Cc1ccc(-c2csc(NC(=O)C(C)Sc3cccc(NC(=O)c4ccc5ccccc5c4)c3)n2)cc1. The first-order valence-electron chi connectivity index (χ1n) is 11.8. The van der Waals surface area contributed by atoms with Gasteiger partial charge in [-0.2, -0.15) is 0 Å². The number of amides is 2. The third-order valence-corrected chi connectivity index (χ3v) is 7.72. The molecule has 0 aliphatic carbocycles. The van der Waals surface area contributed by atoms with Crippen LogP contribution in [0.4, 0.5) is 10.8 Å². The number of aromatic nitrogens is 1. The Balaban J connectivity index is 1.20. The summed E-state index contributed by atoms with van der Waals surface area (Å²) >= 11 is 2.84. The molecule has 0 spiro atoms. The quantitative estimate of drug-likeness (QED) is 0.215. The van der Waals surface area contributed by atoms with Crippen LogP contribution < -0.4 is 10.6 Å². The Morgan fingerprint density at radius 2 is 1.65 bits per heavy atom. The minimum Gasteiger partial charge on any atom is -0.322 e. The van der Waals surface area contributed by atoms with Crippen LogP contribution in [0.5, 0.6) is 0 Å². The lowest BCUT2D eigenvalue weighted by atomic mass is 10.1. The smallest absolute Gasteiger partial charge is 0.255 e. The Kier molecular flexibility index (Phi) is 7.35. The standard InChI is InChI=1S/C30H25N3O2S2/c1-19-10-12-22(13-11-19)27-18-36-30(32-27)33-28(34)20(2)37-26-9-5-8-25(17-26)31-29(35)24-15-14-21-6-3-4-7-23(21)16-24/h3-18,20H,1-2H3,(H,31,35)(H,32,33,34). The molecule has 5 rings (SSSR count). The highest BCUT2D eigenvalue weighted by molar-refractivity contribution is 8.00. The summed E-state index contributed by atoms with van der Waals surface area (Å²) < 4.78 is 0. The lowest BCUT2D eigenvalue weighted by Gasteiger charge is -2.12. The summed E-state index contributed by atoms with van der Waals surface area (Å²) in [5.74, 6) is -0.299. The molecule has 0 aliphatic rings. The Morgan fingerprint density at radius 1 is 0.865 bits per heavy atom. The average Bonchev–Trinajstić information content (AvgIpc) is 3.37. The lowest BCUT2D eigenvalue weighted by Crippen LogP contribution is -2.22. The molecule has 0 fully saturated rings. The van der Waals surface area contributed by atoms with Crippen LogP contribution >= 0.6 is 23.1 Å². The van der Waals surface area contributed by atoms with E-state index in [1.807, 2.05) is 110 Å². The van der Waals surface area contributed by atoms with E-state index in [-0.39, 0.29) is 17.1 Å². The fourth-order valence-corrected chi connectivity index (χ4v) is 5.48. The van der Waals surface area contributed by atoms with Crippen molar-refractivity contribution in [2.45, 2.75) is 24.0 Å². The summed E-state index contributed by atoms with van der Waals surface area (Å²) in [4.78, 5) is 31.1. The molecule has 0 bridgehead atoms. The van der Waals surface area contributed by atoms with Crippen LogP contribution in [0.25, 0.3) is 22.0 Å². The molecule has 5 aromatic rings. The molecule has 5 nitrogen and oxygen atoms in total. The zero-order valence-corrected chi connectivity index (χ0v) is 22.0. The molecule has 0 aliphatic heterocycles. The van der Waals surface area contributed by atoms with Crippen LogP contribution in [0.3, 0.4) is 0 Å². The van der Waals surface area contributed by atoms with Gasteiger partial charge in [0.15, 0.2) is 5.13 Å². The van der Waals surface area contributed by atoms with Crippen molar-refractivity contribution < 1.29 is 9.59 Å². The maximum absolute atomic E-state index is 12.8. The van der Waals surface area contributed by atoms with Gasteiger partial charge in [-0.25, -0.2) is 4.98 Å². The highest BCUT2D eigenvalue weighted by Gasteiger charge is 2.17. The summed E-state index contributed by atoms with van der Waals surface area (Å²) in [6.45, 7) is 3.90. The number of aryl methyl sites for hydroxylation is 1. The zero-order valence-electron chi connectivity index (χ0n) is 20.4. The maximum Gasteiger partial charge on any atom is 0.255 e. The number of hydrogen-bond donors (Lipinski definition) is 2. The molecular formula is C30H25N3O2S2. The average molecular weight is 524 g/mol. The summed E-state index contributed by atoms with van der Waals surface area (Å²) in [6, 6.07) is 29.3. The van der Waals surface area contributed by atoms with Crippen LogP contribution in [-0.2, 0) is 4.79 Å². The number of rotatable bonds is 7. The van der Waals surface area contributed by atoms with E-state index in [1.54, 1.807) is 0 Å². The molecular weight excluding hydrogens is 498 g/mol. The molecule has 1 heterocycles. The number of carbonyl (C=O) groups is 2. The second-order valence-corrected chi connectivity index (χ2v) is 11.0. The van der Waals surface area contributed by atoms with E-state index < -0.39 is 0 Å². The van der Waals surface area contributed by atoms with E-state index in [0.717, 1.165) is 26.9 Å². The van der Waals surface area contributed by atoms with Gasteiger partial charge in [-0.3, -0.25) is 9.59 Å². The van der Waals surface area contributed by atoms with E-state index in [2.05, 4.69) is 15.6 Å². The Morgan fingerprint density at radius 3 is 2.46 bits per heavy atom. The highest BCUT2D eigenvalue weighted by atomic mass is 32.2. The number of thioether (sulfide) groups is 1. The van der Waals surface area contributed by atoms with Gasteiger partial charge < -0.3 is 10.6 Å². The Hall–Kier alpha value is -3.94. The predicted octanol–water partition coefficient (Wildman–Crippen LogP) is 7.64. The van der Waals surface area contributed by atoms with Gasteiger partial charge in [0.1, 0.15) is 0 Å². The molecule has 4 aromatic carbocycles. The van der Waals surface area contributed by atoms with Crippen LogP contribution in [0.2, 0.25) is 0 Å². The first kappa shape index (κ1) is 24.7. The van der Waals surface area contributed by atoms with Crippen molar-refractivity contribution in [3.63, 3.8) is 0 Å². The van der Waals surface area contributed by atoms with Gasteiger partial charge in [0.05, 0.1) is 10.9 Å². The first-order valence-corrected chi connectivity index (χ1v) is 13.6. The minimum atomic E-state index is -0.349. The topological polar surface area (TPSA) is 71.1 Å². The zero-order chi connectivity index (χ0) is 25.8. The number of fused-ring (bicyclic) bond motifs is 1. The molecule has 2 N–H and O–H groups in total. The van der Waals surface area contributed by atoms with E-state index in [1.165, 1.54) is 28.7 Å². The number of thiazole rings is 1. The van der Waals surface area contributed by atoms with E-state index in [9.17, 15) is 9.59 Å². The summed E-state index contributed by atoms with van der Waals surface area (Å²) in [7, 11) is 0. The molecule has 37 heavy (non-hydrogen) atoms. The maximum atomic E-state index is 12.8. The normalized spacial score (nSPS) is 11.7. The molecule has 0 saturated carbocycles. The molecule has 1 aromatic heterocycles. The number of benzene rings is 4. The molecule has 0 saturated heterocycles. The fraction of sp³-hybridized carbons (Fsp3) is 0.100. The lowest BCUT2D eigenvalue weighted by molar-refractivity contribution is -0.115. The number of hydrogen-bond acceptors (Lipinski definition) is 5. The Labute approximate surface area is 224 Å². The number of nitrogens with one attached hydrogen (secondary N) is 2. The molecule has 2 amide bonds. The molecule has 184 valence electrons. The van der Waals surface area contributed by atoms with Crippen LogP contribution in [0.15, 0.2) is 101 Å². The van der Waals surface area contributed by atoms with Gasteiger partial charge in [0.25, 0.3) is 5.91 Å². The van der Waals surface area contributed by atoms with Crippen molar-refractivity contribution in [3.05, 3.63) is 108 Å².